The number of carbonyl (C=O) groups is 2. The summed E-state index contributed by atoms with van der Waals surface area (Å²) < 4.78 is 5.25. The fraction of sp³-hybridized carbons (Fsp3) is 0.800. The van der Waals surface area contributed by atoms with Crippen molar-refractivity contribution in [2.75, 3.05) is 7.11 Å². The van der Waals surface area contributed by atoms with Gasteiger partial charge < -0.3 is 4.74 Å². The van der Waals surface area contributed by atoms with Gasteiger partial charge in [0, 0.05) is 5.57 Å². The summed E-state index contributed by atoms with van der Waals surface area (Å²) in [5.74, 6) is -0.118. The molecule has 4 heteroatoms. The minimum atomic E-state index is -0.765. The van der Waals surface area contributed by atoms with E-state index in [1.807, 2.05) is 0 Å². The molecule has 0 aliphatic heterocycles. The van der Waals surface area contributed by atoms with Gasteiger partial charge in [-0.25, -0.2) is 0 Å². The molecule has 3 atom stereocenters. The van der Waals surface area contributed by atoms with Crippen molar-refractivity contribution in [3.05, 3.63) is 11.1 Å². The number of allylic oxidation sites excluding steroid dienone is 1. The second-order valence-electron chi connectivity index (χ2n) is 10.1. The second-order valence-corrected chi connectivity index (χ2v) is 11.0. The maximum atomic E-state index is 13.3. The molecule has 0 heterocycles. The molecule has 0 unspecified atom stereocenters. The van der Waals surface area contributed by atoms with Gasteiger partial charge in [-0.3, -0.25) is 9.59 Å². The van der Waals surface area contributed by atoms with Gasteiger partial charge >= 0.3 is 5.97 Å². The molecule has 3 rings (SSSR count). The predicted molar refractivity (Wildman–Crippen MR) is 98.0 cm³/mol. The predicted octanol–water partition coefficient (Wildman–Crippen LogP) is 4.83. The number of halogens is 1. The Morgan fingerprint density at radius 1 is 1.08 bits per heavy atom. The van der Waals surface area contributed by atoms with Gasteiger partial charge in [0.1, 0.15) is 0 Å². The first kappa shape index (κ1) is 18.2. The van der Waals surface area contributed by atoms with Gasteiger partial charge in [-0.15, -0.1) is 0 Å². The number of fused-ring (bicyclic) bond motifs is 3. The lowest BCUT2D eigenvalue weighted by molar-refractivity contribution is -0.161. The molecule has 3 aliphatic rings. The number of hydrogen-bond acceptors (Lipinski definition) is 3. The van der Waals surface area contributed by atoms with Crippen molar-refractivity contribution in [1.29, 1.82) is 0 Å². The van der Waals surface area contributed by atoms with Crippen molar-refractivity contribution in [3.63, 3.8) is 0 Å². The van der Waals surface area contributed by atoms with Crippen molar-refractivity contribution in [1.82, 2.24) is 0 Å². The number of alkyl halides is 1. The summed E-state index contributed by atoms with van der Waals surface area (Å²) >= 11 is 3.63. The van der Waals surface area contributed by atoms with E-state index in [1.165, 1.54) is 12.7 Å². The summed E-state index contributed by atoms with van der Waals surface area (Å²) in [6.07, 6.45) is 4.33. The van der Waals surface area contributed by atoms with Gasteiger partial charge in [0.25, 0.3) is 0 Å². The molecular weight excluding hydrogens is 368 g/mol. The number of Topliss-reactive ketones (excluding diaryl/α,β-unsaturated/α-hetero) is 1. The third kappa shape index (κ3) is 2.51. The summed E-state index contributed by atoms with van der Waals surface area (Å²) in [6, 6.07) is 0. The molecule has 0 radical (unpaired) electrons. The number of esters is 1. The van der Waals surface area contributed by atoms with Gasteiger partial charge in [-0.05, 0) is 48.3 Å². The van der Waals surface area contributed by atoms with Crippen LogP contribution in [0.4, 0.5) is 0 Å². The van der Waals surface area contributed by atoms with Crippen molar-refractivity contribution >= 4 is 27.7 Å². The smallest absolute Gasteiger partial charge is 0.316 e. The molecule has 2 bridgehead atoms. The Morgan fingerprint density at radius 2 is 1.71 bits per heavy atom. The quantitative estimate of drug-likeness (QED) is 0.471. The van der Waals surface area contributed by atoms with E-state index in [0.29, 0.717) is 6.42 Å². The Bertz CT molecular complexity index is 645. The highest BCUT2D eigenvalue weighted by molar-refractivity contribution is 9.10. The minimum Gasteiger partial charge on any atom is -0.468 e. The van der Waals surface area contributed by atoms with Crippen LogP contribution in [-0.4, -0.2) is 23.7 Å². The van der Waals surface area contributed by atoms with Crippen LogP contribution in [0.2, 0.25) is 0 Å². The van der Waals surface area contributed by atoms with Gasteiger partial charge in [-0.1, -0.05) is 56.1 Å². The average Bonchev–Trinajstić information content (AvgIpc) is 2.40. The average molecular weight is 397 g/mol. The Labute approximate surface area is 153 Å². The van der Waals surface area contributed by atoms with E-state index in [1.54, 1.807) is 0 Å². The van der Waals surface area contributed by atoms with E-state index in [4.69, 9.17) is 4.74 Å². The van der Waals surface area contributed by atoms with E-state index in [0.717, 1.165) is 31.3 Å². The SMILES string of the molecule is COC(=O)[C@@]12CC(C)(C)C[C@@](C)(CC3=C1C(=O)[C@H](Br)C(C)(C)C3)C2. The normalized spacial score (nSPS) is 40.1. The summed E-state index contributed by atoms with van der Waals surface area (Å²) in [7, 11) is 1.45. The first-order chi connectivity index (χ1) is 10.9. The van der Waals surface area contributed by atoms with Crippen LogP contribution < -0.4 is 0 Å². The maximum Gasteiger partial charge on any atom is 0.316 e. The molecule has 0 aromatic carbocycles. The van der Waals surface area contributed by atoms with Gasteiger partial charge in [-0.2, -0.15) is 0 Å². The topological polar surface area (TPSA) is 43.4 Å². The summed E-state index contributed by atoms with van der Waals surface area (Å²) in [4.78, 5) is 26.0. The first-order valence-corrected chi connectivity index (χ1v) is 9.77. The highest BCUT2D eigenvalue weighted by Gasteiger charge is 2.62. The minimum absolute atomic E-state index is 0.0226. The second kappa shape index (κ2) is 5.18. The molecule has 134 valence electrons. The van der Waals surface area contributed by atoms with Crippen LogP contribution >= 0.6 is 15.9 Å². The van der Waals surface area contributed by atoms with Crippen molar-refractivity contribution in [3.8, 4) is 0 Å². The zero-order chi connectivity index (χ0) is 18.1. The third-order valence-corrected chi connectivity index (χ3v) is 7.95. The first-order valence-electron chi connectivity index (χ1n) is 8.85. The van der Waals surface area contributed by atoms with Gasteiger partial charge in [0.05, 0.1) is 17.4 Å². The van der Waals surface area contributed by atoms with Crippen LogP contribution in [-0.2, 0) is 14.3 Å². The molecule has 3 aliphatic carbocycles. The van der Waals surface area contributed by atoms with Crippen molar-refractivity contribution in [2.45, 2.75) is 71.5 Å². The van der Waals surface area contributed by atoms with E-state index in [2.05, 4.69) is 50.5 Å². The Morgan fingerprint density at radius 3 is 2.29 bits per heavy atom. The number of ketones is 1. The number of carbonyl (C=O) groups excluding carboxylic acids is 2. The number of rotatable bonds is 1. The Balaban J connectivity index is 2.25. The van der Waals surface area contributed by atoms with Crippen LogP contribution in [0, 0.1) is 21.7 Å². The van der Waals surface area contributed by atoms with E-state index in [9.17, 15) is 9.59 Å². The summed E-state index contributed by atoms with van der Waals surface area (Å²) in [5, 5.41) is 0. The van der Waals surface area contributed by atoms with Crippen LogP contribution in [0.25, 0.3) is 0 Å². The van der Waals surface area contributed by atoms with Gasteiger partial charge in [0.2, 0.25) is 0 Å². The molecular formula is C20H29BrO3. The number of hydrogen-bond donors (Lipinski definition) is 0. The monoisotopic (exact) mass is 396 g/mol. The molecule has 3 nitrogen and oxygen atoms in total. The molecule has 0 aromatic rings. The zero-order valence-electron chi connectivity index (χ0n) is 15.7. The third-order valence-electron chi connectivity index (χ3n) is 6.29. The van der Waals surface area contributed by atoms with Crippen LogP contribution in [0.1, 0.15) is 66.7 Å². The Kier molecular flexibility index (Phi) is 3.92. The van der Waals surface area contributed by atoms with E-state index >= 15 is 0 Å². The largest absolute Gasteiger partial charge is 0.468 e. The van der Waals surface area contributed by atoms with Crippen molar-refractivity contribution in [2.24, 2.45) is 21.7 Å². The molecule has 0 spiro atoms. The molecule has 0 amide bonds. The lowest BCUT2D eigenvalue weighted by Gasteiger charge is -2.58. The fourth-order valence-electron chi connectivity index (χ4n) is 6.26. The Hall–Kier alpha value is -0.640. The standard InChI is InChI=1S/C20H29BrO3/c1-17(2)9-19(5)8-12-7-18(3,4)15(21)14(22)13(12)20(10-17,11-19)16(23)24-6/h15H,7-11H2,1-6H3/t15-,19+,20+/m0/s1. The molecule has 1 saturated carbocycles. The van der Waals surface area contributed by atoms with E-state index in [-0.39, 0.29) is 32.8 Å². The van der Waals surface area contributed by atoms with Crippen molar-refractivity contribution < 1.29 is 14.3 Å². The highest BCUT2D eigenvalue weighted by Crippen LogP contribution is 2.65. The molecule has 1 fully saturated rings. The molecule has 24 heavy (non-hydrogen) atoms. The lowest BCUT2D eigenvalue weighted by Crippen LogP contribution is -2.56. The molecule has 0 aromatic heterocycles. The van der Waals surface area contributed by atoms with Crippen LogP contribution in [0.3, 0.4) is 0 Å². The highest BCUT2D eigenvalue weighted by atomic mass is 79.9. The summed E-state index contributed by atoms with van der Waals surface area (Å²) in [6.45, 7) is 11.0. The zero-order valence-corrected chi connectivity index (χ0v) is 17.3. The summed E-state index contributed by atoms with van der Waals surface area (Å²) in [5.41, 5.74) is 1.18. The molecule has 0 saturated heterocycles. The maximum absolute atomic E-state index is 13.3. The number of ether oxygens (including phenoxy) is 1. The van der Waals surface area contributed by atoms with Crippen LogP contribution in [0.15, 0.2) is 11.1 Å². The van der Waals surface area contributed by atoms with Gasteiger partial charge in [0.15, 0.2) is 5.78 Å². The van der Waals surface area contributed by atoms with E-state index < -0.39 is 5.41 Å². The molecule has 0 N–H and O–H groups in total. The fourth-order valence-corrected chi connectivity index (χ4v) is 6.65. The van der Waals surface area contributed by atoms with Crippen LogP contribution in [0.5, 0.6) is 0 Å². The lowest BCUT2D eigenvalue weighted by atomic mass is 9.45. The number of methoxy groups -OCH3 is 1.